The molecule has 3 aromatic carbocycles. The number of hydrogen-bond acceptors (Lipinski definition) is 5. The molecule has 0 fully saturated rings. The SMILES string of the molecule is CN(Cc1ccccc1)C(=O)c1ccccc1NC(=O)COc1ccccc1[N+](=O)[O-]. The quantitative estimate of drug-likeness (QED) is 0.441. The van der Waals surface area contributed by atoms with Crippen LogP contribution in [0.1, 0.15) is 15.9 Å². The van der Waals surface area contributed by atoms with Gasteiger partial charge >= 0.3 is 5.69 Å². The number of hydrogen-bond donors (Lipinski definition) is 1. The molecule has 0 aliphatic rings. The first-order valence-electron chi connectivity index (χ1n) is 9.50. The van der Waals surface area contributed by atoms with E-state index in [4.69, 9.17) is 4.74 Å². The van der Waals surface area contributed by atoms with Gasteiger partial charge in [-0.3, -0.25) is 19.7 Å². The van der Waals surface area contributed by atoms with Gasteiger partial charge in [0.2, 0.25) is 0 Å². The highest BCUT2D eigenvalue weighted by Gasteiger charge is 2.19. The van der Waals surface area contributed by atoms with Crippen LogP contribution in [-0.4, -0.2) is 35.3 Å². The van der Waals surface area contributed by atoms with E-state index in [9.17, 15) is 19.7 Å². The van der Waals surface area contributed by atoms with Crippen LogP contribution in [0.2, 0.25) is 0 Å². The highest BCUT2D eigenvalue weighted by molar-refractivity contribution is 6.03. The van der Waals surface area contributed by atoms with Crippen molar-refractivity contribution in [2.24, 2.45) is 0 Å². The lowest BCUT2D eigenvalue weighted by molar-refractivity contribution is -0.385. The van der Waals surface area contributed by atoms with Crippen molar-refractivity contribution in [3.05, 3.63) is 100 Å². The van der Waals surface area contributed by atoms with Gasteiger partial charge in [-0.1, -0.05) is 54.6 Å². The Kier molecular flexibility index (Phi) is 6.95. The van der Waals surface area contributed by atoms with Gasteiger partial charge in [0, 0.05) is 19.7 Å². The summed E-state index contributed by atoms with van der Waals surface area (Å²) in [6.45, 7) is -0.0179. The van der Waals surface area contributed by atoms with Crippen LogP contribution in [0.3, 0.4) is 0 Å². The van der Waals surface area contributed by atoms with Gasteiger partial charge in [-0.15, -0.1) is 0 Å². The Morgan fingerprint density at radius 3 is 2.35 bits per heavy atom. The molecule has 0 aliphatic carbocycles. The second-order valence-corrected chi connectivity index (χ2v) is 6.75. The van der Waals surface area contributed by atoms with Crippen LogP contribution in [0, 0.1) is 10.1 Å². The van der Waals surface area contributed by atoms with Gasteiger partial charge in [0.05, 0.1) is 16.2 Å². The lowest BCUT2D eigenvalue weighted by atomic mass is 10.1. The average molecular weight is 419 g/mol. The molecule has 0 radical (unpaired) electrons. The molecule has 0 spiro atoms. The molecule has 0 unspecified atom stereocenters. The van der Waals surface area contributed by atoms with Crippen molar-refractivity contribution in [1.82, 2.24) is 4.90 Å². The third-order valence-corrected chi connectivity index (χ3v) is 4.46. The predicted octanol–water partition coefficient (Wildman–Crippen LogP) is 3.88. The second-order valence-electron chi connectivity index (χ2n) is 6.75. The smallest absolute Gasteiger partial charge is 0.310 e. The van der Waals surface area contributed by atoms with Crippen LogP contribution in [-0.2, 0) is 11.3 Å². The fraction of sp³-hybridized carbons (Fsp3) is 0.130. The summed E-state index contributed by atoms with van der Waals surface area (Å²) in [6, 6.07) is 22.0. The van der Waals surface area contributed by atoms with Crippen LogP contribution in [0.5, 0.6) is 5.75 Å². The third-order valence-electron chi connectivity index (χ3n) is 4.46. The van der Waals surface area contributed by atoms with Crippen LogP contribution >= 0.6 is 0 Å². The number of para-hydroxylation sites is 3. The number of anilines is 1. The molecular weight excluding hydrogens is 398 g/mol. The Labute approximate surface area is 179 Å². The summed E-state index contributed by atoms with van der Waals surface area (Å²) in [5, 5.41) is 13.7. The van der Waals surface area contributed by atoms with Gasteiger partial charge in [-0.05, 0) is 23.8 Å². The maximum absolute atomic E-state index is 12.9. The summed E-state index contributed by atoms with van der Waals surface area (Å²) in [5.74, 6) is -0.793. The minimum atomic E-state index is -0.580. The molecule has 0 heterocycles. The van der Waals surface area contributed by atoms with Gasteiger partial charge in [0.1, 0.15) is 0 Å². The fourth-order valence-electron chi connectivity index (χ4n) is 2.97. The standard InChI is InChI=1S/C23H21N3O5/c1-25(15-17-9-3-2-4-10-17)23(28)18-11-5-6-12-19(18)24-22(27)16-31-21-14-8-7-13-20(21)26(29)30/h2-14H,15-16H2,1H3,(H,24,27). The zero-order valence-electron chi connectivity index (χ0n) is 16.9. The topological polar surface area (TPSA) is 102 Å². The van der Waals surface area contributed by atoms with Crippen molar-refractivity contribution in [3.63, 3.8) is 0 Å². The predicted molar refractivity (Wildman–Crippen MR) is 116 cm³/mol. The molecule has 1 N–H and O–H groups in total. The van der Waals surface area contributed by atoms with Gasteiger partial charge in [-0.25, -0.2) is 0 Å². The molecule has 0 aliphatic heterocycles. The van der Waals surface area contributed by atoms with Crippen LogP contribution < -0.4 is 10.1 Å². The summed E-state index contributed by atoms with van der Waals surface area (Å²) < 4.78 is 5.31. The van der Waals surface area contributed by atoms with Crippen LogP contribution in [0.4, 0.5) is 11.4 Å². The lowest BCUT2D eigenvalue weighted by Gasteiger charge is -2.19. The van der Waals surface area contributed by atoms with Crippen molar-refractivity contribution >= 4 is 23.2 Å². The molecule has 0 aromatic heterocycles. The van der Waals surface area contributed by atoms with Crippen molar-refractivity contribution in [3.8, 4) is 5.75 Å². The molecule has 3 aromatic rings. The summed E-state index contributed by atoms with van der Waals surface area (Å²) in [4.78, 5) is 37.3. The lowest BCUT2D eigenvalue weighted by Crippen LogP contribution is -2.28. The first kappa shape index (κ1) is 21.5. The third kappa shape index (κ3) is 5.66. The molecule has 0 atom stereocenters. The van der Waals surface area contributed by atoms with Crippen molar-refractivity contribution < 1.29 is 19.2 Å². The van der Waals surface area contributed by atoms with Gasteiger partial charge in [0.15, 0.2) is 12.4 Å². The number of carbonyl (C=O) groups is 2. The fourth-order valence-corrected chi connectivity index (χ4v) is 2.97. The number of nitro groups is 1. The zero-order chi connectivity index (χ0) is 22.2. The molecule has 8 heteroatoms. The van der Waals surface area contributed by atoms with E-state index in [1.807, 2.05) is 30.3 Å². The Hall–Kier alpha value is -4.20. The number of nitro benzene ring substituents is 1. The van der Waals surface area contributed by atoms with Crippen LogP contribution in [0.15, 0.2) is 78.9 Å². The number of ether oxygens (including phenoxy) is 1. The summed E-state index contributed by atoms with van der Waals surface area (Å²) in [7, 11) is 1.69. The maximum atomic E-state index is 12.9. The van der Waals surface area contributed by atoms with E-state index in [-0.39, 0.29) is 17.3 Å². The van der Waals surface area contributed by atoms with Crippen molar-refractivity contribution in [2.75, 3.05) is 19.0 Å². The molecule has 31 heavy (non-hydrogen) atoms. The molecule has 0 bridgehead atoms. The molecule has 3 rings (SSSR count). The Morgan fingerprint density at radius 1 is 0.968 bits per heavy atom. The van der Waals surface area contributed by atoms with E-state index < -0.39 is 17.4 Å². The summed E-state index contributed by atoms with van der Waals surface area (Å²) in [5.41, 5.74) is 1.43. The van der Waals surface area contributed by atoms with Gasteiger partial charge < -0.3 is 15.0 Å². The first-order chi connectivity index (χ1) is 15.0. The van der Waals surface area contributed by atoms with Crippen molar-refractivity contribution in [1.29, 1.82) is 0 Å². The van der Waals surface area contributed by atoms with E-state index in [1.54, 1.807) is 42.3 Å². The largest absolute Gasteiger partial charge is 0.477 e. The Morgan fingerprint density at radius 2 is 1.61 bits per heavy atom. The second kappa shape index (κ2) is 10.0. The molecule has 0 saturated heterocycles. The van der Waals surface area contributed by atoms with Crippen molar-refractivity contribution in [2.45, 2.75) is 6.54 Å². The first-order valence-corrected chi connectivity index (χ1v) is 9.50. The molecule has 2 amide bonds. The highest BCUT2D eigenvalue weighted by atomic mass is 16.6. The minimum Gasteiger partial charge on any atom is -0.477 e. The molecule has 8 nitrogen and oxygen atoms in total. The van der Waals surface area contributed by atoms with E-state index >= 15 is 0 Å². The summed E-state index contributed by atoms with van der Waals surface area (Å²) >= 11 is 0. The van der Waals surface area contributed by atoms with E-state index in [1.165, 1.54) is 18.2 Å². The molecule has 158 valence electrons. The maximum Gasteiger partial charge on any atom is 0.310 e. The van der Waals surface area contributed by atoms with Gasteiger partial charge in [-0.2, -0.15) is 0 Å². The number of rotatable bonds is 8. The molecular formula is C23H21N3O5. The number of carbonyl (C=O) groups excluding carboxylic acids is 2. The van der Waals surface area contributed by atoms with Crippen LogP contribution in [0.25, 0.3) is 0 Å². The number of benzene rings is 3. The van der Waals surface area contributed by atoms with E-state index in [2.05, 4.69) is 5.32 Å². The van der Waals surface area contributed by atoms with E-state index in [0.717, 1.165) is 5.56 Å². The van der Waals surface area contributed by atoms with E-state index in [0.29, 0.717) is 17.8 Å². The normalized spacial score (nSPS) is 10.2. The Balaban J connectivity index is 1.67. The number of nitrogens with one attached hydrogen (secondary N) is 1. The number of amides is 2. The monoisotopic (exact) mass is 419 g/mol. The Bertz CT molecular complexity index is 1090. The number of nitrogens with zero attached hydrogens (tertiary/aromatic N) is 2. The van der Waals surface area contributed by atoms with Gasteiger partial charge in [0.25, 0.3) is 11.8 Å². The minimum absolute atomic E-state index is 0.00499. The zero-order valence-corrected chi connectivity index (χ0v) is 16.9. The average Bonchev–Trinajstić information content (AvgIpc) is 2.78. The molecule has 0 saturated carbocycles. The highest BCUT2D eigenvalue weighted by Crippen LogP contribution is 2.26. The summed E-state index contributed by atoms with van der Waals surface area (Å²) in [6.07, 6.45) is 0.